The van der Waals surface area contributed by atoms with Crippen molar-refractivity contribution in [1.29, 1.82) is 5.26 Å². The van der Waals surface area contributed by atoms with Crippen LogP contribution in [0.15, 0.2) is 54.6 Å². The molecule has 4 aromatic carbocycles. The molecule has 0 saturated heterocycles. The molecule has 0 saturated carbocycles. The second-order valence-corrected chi connectivity index (χ2v) is 7.72. The van der Waals surface area contributed by atoms with Crippen LogP contribution in [0, 0.1) is 40.4 Å². The molecule has 0 aliphatic heterocycles. The molecular formula is C27H18F5NO. The standard InChI is InChI=1S/C27H18F5NO/c1-2-34-19-12-24(30)26(25(31)13-19)18-7-8-20-17(11-18)6-5-16(27(20)32)4-3-15-9-22(28)21(14-33)23(29)10-15/h5-13H,2-4H2,1H3. The summed E-state index contributed by atoms with van der Waals surface area (Å²) in [5.74, 6) is -3.94. The predicted molar refractivity (Wildman–Crippen MR) is 119 cm³/mol. The fourth-order valence-corrected chi connectivity index (χ4v) is 3.92. The minimum absolute atomic E-state index is 0.0831. The third kappa shape index (κ3) is 4.44. The van der Waals surface area contributed by atoms with Crippen LogP contribution in [0.25, 0.3) is 21.9 Å². The highest BCUT2D eigenvalue weighted by Crippen LogP contribution is 2.33. The first-order valence-corrected chi connectivity index (χ1v) is 10.5. The molecule has 0 unspecified atom stereocenters. The maximum absolute atomic E-state index is 15.1. The van der Waals surface area contributed by atoms with Gasteiger partial charge in [-0.15, -0.1) is 0 Å². The van der Waals surface area contributed by atoms with E-state index in [1.165, 1.54) is 30.3 Å². The lowest BCUT2D eigenvalue weighted by Crippen LogP contribution is -1.99. The third-order valence-corrected chi connectivity index (χ3v) is 5.55. The quantitative estimate of drug-likeness (QED) is 0.280. The van der Waals surface area contributed by atoms with Gasteiger partial charge in [-0.3, -0.25) is 0 Å². The van der Waals surface area contributed by atoms with Gasteiger partial charge in [0.15, 0.2) is 0 Å². The minimum Gasteiger partial charge on any atom is -0.494 e. The SMILES string of the molecule is CCOc1cc(F)c(-c2ccc3c(F)c(CCc4cc(F)c(C#N)c(F)c4)ccc3c2)c(F)c1. The maximum Gasteiger partial charge on any atom is 0.144 e. The van der Waals surface area contributed by atoms with Gasteiger partial charge in [-0.2, -0.15) is 5.26 Å². The third-order valence-electron chi connectivity index (χ3n) is 5.55. The van der Waals surface area contributed by atoms with Gasteiger partial charge in [-0.1, -0.05) is 24.3 Å². The van der Waals surface area contributed by atoms with E-state index in [9.17, 15) is 17.6 Å². The van der Waals surface area contributed by atoms with E-state index in [-0.39, 0.29) is 41.7 Å². The number of hydrogen-bond acceptors (Lipinski definition) is 2. The zero-order valence-electron chi connectivity index (χ0n) is 18.1. The van der Waals surface area contributed by atoms with Crippen molar-refractivity contribution in [3.63, 3.8) is 0 Å². The maximum atomic E-state index is 15.1. The highest BCUT2D eigenvalue weighted by Gasteiger charge is 2.16. The lowest BCUT2D eigenvalue weighted by Gasteiger charge is -2.11. The number of rotatable bonds is 6. The molecule has 0 heterocycles. The average Bonchev–Trinajstić information content (AvgIpc) is 2.78. The molecule has 34 heavy (non-hydrogen) atoms. The van der Waals surface area contributed by atoms with E-state index in [1.54, 1.807) is 13.0 Å². The van der Waals surface area contributed by atoms with Crippen LogP contribution < -0.4 is 4.74 Å². The molecule has 0 bridgehead atoms. The van der Waals surface area contributed by atoms with Crippen LogP contribution in [0.4, 0.5) is 22.0 Å². The van der Waals surface area contributed by atoms with Crippen LogP contribution in [0.1, 0.15) is 23.6 Å². The van der Waals surface area contributed by atoms with Gasteiger partial charge in [0.25, 0.3) is 0 Å². The molecule has 2 nitrogen and oxygen atoms in total. The second kappa shape index (κ2) is 9.52. The number of hydrogen-bond donors (Lipinski definition) is 0. The van der Waals surface area contributed by atoms with Crippen molar-refractivity contribution in [2.24, 2.45) is 0 Å². The predicted octanol–water partition coefficient (Wildman–Crippen LogP) is 7.26. The number of nitriles is 1. The molecule has 0 spiro atoms. The van der Waals surface area contributed by atoms with E-state index < -0.39 is 34.6 Å². The van der Waals surface area contributed by atoms with E-state index in [0.717, 1.165) is 24.3 Å². The van der Waals surface area contributed by atoms with E-state index >= 15 is 4.39 Å². The first-order chi connectivity index (χ1) is 16.3. The Hall–Kier alpha value is -3.92. The van der Waals surface area contributed by atoms with Gasteiger partial charge >= 0.3 is 0 Å². The Balaban J connectivity index is 1.63. The smallest absolute Gasteiger partial charge is 0.144 e. The summed E-state index contributed by atoms with van der Waals surface area (Å²) in [7, 11) is 0. The molecule has 4 rings (SSSR count). The molecule has 172 valence electrons. The fourth-order valence-electron chi connectivity index (χ4n) is 3.92. The molecule has 0 radical (unpaired) electrons. The topological polar surface area (TPSA) is 33.0 Å². The minimum atomic E-state index is -0.960. The van der Waals surface area contributed by atoms with Crippen LogP contribution in [-0.4, -0.2) is 6.61 Å². The highest BCUT2D eigenvalue weighted by molar-refractivity contribution is 5.88. The summed E-state index contributed by atoms with van der Waals surface area (Å²) in [6, 6.07) is 13.3. The number of halogens is 5. The Labute approximate surface area is 192 Å². The zero-order valence-corrected chi connectivity index (χ0v) is 18.1. The molecule has 0 aliphatic carbocycles. The van der Waals surface area contributed by atoms with Crippen LogP contribution in [0.3, 0.4) is 0 Å². The molecule has 0 N–H and O–H groups in total. The van der Waals surface area contributed by atoms with Crippen LogP contribution in [0.5, 0.6) is 5.75 Å². The molecule has 7 heteroatoms. The Morgan fingerprint density at radius 3 is 2.09 bits per heavy atom. The number of fused-ring (bicyclic) bond motifs is 1. The van der Waals surface area contributed by atoms with Gasteiger partial charge < -0.3 is 4.74 Å². The van der Waals surface area contributed by atoms with E-state index in [0.29, 0.717) is 16.5 Å². The average molecular weight is 467 g/mol. The molecular weight excluding hydrogens is 449 g/mol. The van der Waals surface area contributed by atoms with Gasteiger partial charge in [0.1, 0.15) is 46.5 Å². The first kappa shape index (κ1) is 23.2. The van der Waals surface area contributed by atoms with Crippen molar-refractivity contribution in [2.45, 2.75) is 19.8 Å². The zero-order chi connectivity index (χ0) is 24.4. The van der Waals surface area contributed by atoms with Gasteiger partial charge in [-0.25, -0.2) is 22.0 Å². The van der Waals surface area contributed by atoms with Crippen molar-refractivity contribution in [3.05, 3.63) is 100 Å². The van der Waals surface area contributed by atoms with Gasteiger partial charge in [0, 0.05) is 17.5 Å². The van der Waals surface area contributed by atoms with Crippen molar-refractivity contribution < 1.29 is 26.7 Å². The van der Waals surface area contributed by atoms with E-state index in [4.69, 9.17) is 10.00 Å². The summed E-state index contributed by atoms with van der Waals surface area (Å²) in [6.07, 6.45) is 0.319. The Bertz CT molecular complexity index is 1400. The fraction of sp³-hybridized carbons (Fsp3) is 0.148. The van der Waals surface area contributed by atoms with Crippen molar-refractivity contribution in [2.75, 3.05) is 6.61 Å². The molecule has 0 aromatic heterocycles. The Morgan fingerprint density at radius 1 is 0.794 bits per heavy atom. The largest absolute Gasteiger partial charge is 0.494 e. The second-order valence-electron chi connectivity index (χ2n) is 7.72. The van der Waals surface area contributed by atoms with Gasteiger partial charge in [0.2, 0.25) is 0 Å². The normalized spacial score (nSPS) is 11.0. The molecule has 0 fully saturated rings. The van der Waals surface area contributed by atoms with Gasteiger partial charge in [-0.05, 0) is 60.0 Å². The first-order valence-electron chi connectivity index (χ1n) is 10.5. The van der Waals surface area contributed by atoms with Crippen LogP contribution >= 0.6 is 0 Å². The monoisotopic (exact) mass is 467 g/mol. The Morgan fingerprint density at radius 2 is 1.47 bits per heavy atom. The summed E-state index contributed by atoms with van der Waals surface area (Å²) in [6.45, 7) is 1.97. The van der Waals surface area contributed by atoms with Crippen molar-refractivity contribution >= 4 is 10.8 Å². The summed E-state index contributed by atoms with van der Waals surface area (Å²) in [5.41, 5.74) is -0.0214. The molecule has 0 aliphatic rings. The molecule has 0 atom stereocenters. The van der Waals surface area contributed by atoms with E-state index in [1.807, 2.05) is 0 Å². The number of nitrogens with zero attached hydrogens (tertiary/aromatic N) is 1. The summed E-state index contributed by atoms with van der Waals surface area (Å²) >= 11 is 0. The van der Waals surface area contributed by atoms with Crippen LogP contribution in [0.2, 0.25) is 0 Å². The lowest BCUT2D eigenvalue weighted by atomic mass is 9.96. The number of ether oxygens (including phenoxy) is 1. The number of benzene rings is 4. The molecule has 0 amide bonds. The van der Waals surface area contributed by atoms with Crippen LogP contribution in [-0.2, 0) is 12.8 Å². The van der Waals surface area contributed by atoms with E-state index in [2.05, 4.69) is 0 Å². The van der Waals surface area contributed by atoms with Crippen molar-refractivity contribution in [3.8, 4) is 22.9 Å². The number of aryl methyl sites for hydroxylation is 2. The van der Waals surface area contributed by atoms with Gasteiger partial charge in [0.05, 0.1) is 12.2 Å². The Kier molecular flexibility index (Phi) is 6.51. The summed E-state index contributed by atoms with van der Waals surface area (Å²) in [5, 5.41) is 9.47. The van der Waals surface area contributed by atoms with Crippen molar-refractivity contribution in [1.82, 2.24) is 0 Å². The molecule has 4 aromatic rings. The highest BCUT2D eigenvalue weighted by atomic mass is 19.1. The summed E-state index contributed by atoms with van der Waals surface area (Å²) in [4.78, 5) is 0. The summed E-state index contributed by atoms with van der Waals surface area (Å²) < 4.78 is 77.0. The lowest BCUT2D eigenvalue weighted by molar-refractivity contribution is 0.336.